The maximum absolute atomic E-state index is 13.0. The van der Waals surface area contributed by atoms with E-state index in [1.165, 1.54) is 19.2 Å². The Balaban J connectivity index is 2.03. The third-order valence-corrected chi connectivity index (χ3v) is 5.12. The summed E-state index contributed by atoms with van der Waals surface area (Å²) >= 11 is 0. The molecule has 1 heterocycles. The number of nitrogens with one attached hydrogen (secondary N) is 1. The molecular formula is C19H30BFN2O5. The number of halogens is 1. The summed E-state index contributed by atoms with van der Waals surface area (Å²) in [5, 5.41) is 2.88. The molecule has 1 aliphatic heterocycles. The van der Waals surface area contributed by atoms with Crippen molar-refractivity contribution in [1.29, 1.82) is 0 Å². The first-order chi connectivity index (χ1) is 13.1. The van der Waals surface area contributed by atoms with E-state index in [0.717, 1.165) is 0 Å². The smallest absolute Gasteiger partial charge is 0.481 e. The molecule has 1 aromatic rings. The largest absolute Gasteiger partial charge is 0.494 e. The molecule has 1 amide bonds. The molecule has 3 N–H and O–H groups in total. The second kappa shape index (κ2) is 9.22. The van der Waals surface area contributed by atoms with Crippen LogP contribution in [0.4, 0.5) is 4.39 Å². The SMILES string of the molecule is COCC(N)C(=O)NC(CCOc1ccc(F)cc1)B1OC(C)(C)C(C)(C)O1. The fourth-order valence-electron chi connectivity index (χ4n) is 2.71. The Hall–Kier alpha value is -1.68. The molecule has 0 aromatic heterocycles. The molecule has 28 heavy (non-hydrogen) atoms. The van der Waals surface area contributed by atoms with E-state index in [1.54, 1.807) is 12.1 Å². The fourth-order valence-corrected chi connectivity index (χ4v) is 2.71. The van der Waals surface area contributed by atoms with E-state index in [0.29, 0.717) is 12.2 Å². The molecule has 2 rings (SSSR count). The maximum atomic E-state index is 13.0. The van der Waals surface area contributed by atoms with Crippen molar-refractivity contribution < 1.29 is 28.0 Å². The number of amides is 1. The van der Waals surface area contributed by atoms with Gasteiger partial charge in [-0.05, 0) is 52.0 Å². The molecule has 2 atom stereocenters. The minimum atomic E-state index is -0.798. The first-order valence-electron chi connectivity index (χ1n) is 9.34. The van der Waals surface area contributed by atoms with Crippen LogP contribution in [0.2, 0.25) is 0 Å². The average molecular weight is 396 g/mol. The van der Waals surface area contributed by atoms with Gasteiger partial charge in [-0.2, -0.15) is 0 Å². The third-order valence-electron chi connectivity index (χ3n) is 5.12. The van der Waals surface area contributed by atoms with E-state index in [1.807, 2.05) is 27.7 Å². The predicted octanol–water partition coefficient (Wildman–Crippen LogP) is 1.68. The highest BCUT2D eigenvalue weighted by atomic mass is 19.1. The quantitative estimate of drug-likeness (QED) is 0.618. The summed E-state index contributed by atoms with van der Waals surface area (Å²) in [5.41, 5.74) is 4.76. The molecule has 0 spiro atoms. The lowest BCUT2D eigenvalue weighted by Gasteiger charge is -2.32. The Morgan fingerprint density at radius 1 is 1.21 bits per heavy atom. The average Bonchev–Trinajstić information content (AvgIpc) is 2.83. The lowest BCUT2D eigenvalue weighted by molar-refractivity contribution is -0.123. The summed E-state index contributed by atoms with van der Waals surface area (Å²) in [6.07, 6.45) is 0.416. The van der Waals surface area contributed by atoms with Crippen molar-refractivity contribution >= 4 is 13.0 Å². The monoisotopic (exact) mass is 396 g/mol. The van der Waals surface area contributed by atoms with Gasteiger partial charge in [-0.3, -0.25) is 4.79 Å². The Morgan fingerprint density at radius 3 is 2.32 bits per heavy atom. The summed E-state index contributed by atoms with van der Waals surface area (Å²) in [6, 6.07) is 4.95. The Morgan fingerprint density at radius 2 is 1.79 bits per heavy atom. The summed E-state index contributed by atoms with van der Waals surface area (Å²) in [7, 11) is 0.829. The standard InChI is InChI=1S/C19H30BFN2O5/c1-18(2)19(3,4)28-20(27-18)16(23-17(24)15(22)12-25-5)10-11-26-14-8-6-13(21)7-9-14/h6-9,15-16H,10-12,22H2,1-5H3,(H,23,24). The van der Waals surface area contributed by atoms with Crippen molar-refractivity contribution in [2.45, 2.75) is 57.3 Å². The van der Waals surface area contributed by atoms with Crippen molar-refractivity contribution in [2.75, 3.05) is 20.3 Å². The highest BCUT2D eigenvalue weighted by Crippen LogP contribution is 2.37. The first kappa shape index (κ1) is 22.6. The fraction of sp³-hybridized carbons (Fsp3) is 0.632. The maximum Gasteiger partial charge on any atom is 0.481 e. The molecule has 0 radical (unpaired) electrons. The van der Waals surface area contributed by atoms with Crippen LogP contribution in [0.3, 0.4) is 0 Å². The predicted molar refractivity (Wildman–Crippen MR) is 104 cm³/mol. The molecule has 1 fully saturated rings. The number of carbonyl (C=O) groups is 1. The Kier molecular flexibility index (Phi) is 7.44. The van der Waals surface area contributed by atoms with Crippen LogP contribution in [-0.2, 0) is 18.8 Å². The second-order valence-electron chi connectivity index (χ2n) is 7.89. The molecule has 1 aromatic carbocycles. The highest BCUT2D eigenvalue weighted by molar-refractivity contribution is 6.48. The lowest BCUT2D eigenvalue weighted by Crippen LogP contribution is -2.54. The van der Waals surface area contributed by atoms with Gasteiger partial charge in [0.25, 0.3) is 0 Å². The van der Waals surface area contributed by atoms with Crippen LogP contribution in [-0.4, -0.2) is 56.5 Å². The van der Waals surface area contributed by atoms with E-state index < -0.39 is 30.3 Å². The van der Waals surface area contributed by atoms with Crippen LogP contribution in [0.15, 0.2) is 24.3 Å². The van der Waals surface area contributed by atoms with Crippen LogP contribution in [0.5, 0.6) is 5.75 Å². The molecule has 0 saturated carbocycles. The van der Waals surface area contributed by atoms with Gasteiger partial charge >= 0.3 is 7.12 Å². The molecular weight excluding hydrogens is 366 g/mol. The Bertz CT molecular complexity index is 640. The minimum Gasteiger partial charge on any atom is -0.494 e. The van der Waals surface area contributed by atoms with Gasteiger partial charge in [-0.15, -0.1) is 0 Å². The number of rotatable bonds is 9. The van der Waals surface area contributed by atoms with E-state index in [-0.39, 0.29) is 24.9 Å². The number of nitrogens with two attached hydrogens (primary N) is 1. The second-order valence-corrected chi connectivity index (χ2v) is 7.89. The zero-order chi connectivity index (χ0) is 20.9. The molecule has 2 unspecified atom stereocenters. The molecule has 0 aliphatic carbocycles. The van der Waals surface area contributed by atoms with E-state index in [2.05, 4.69) is 5.32 Å². The summed E-state index contributed by atoms with van der Waals surface area (Å²) in [4.78, 5) is 12.4. The van der Waals surface area contributed by atoms with Gasteiger partial charge in [-0.25, -0.2) is 4.39 Å². The van der Waals surface area contributed by atoms with Gasteiger partial charge in [0, 0.05) is 13.5 Å². The van der Waals surface area contributed by atoms with Crippen LogP contribution >= 0.6 is 0 Å². The van der Waals surface area contributed by atoms with Gasteiger partial charge in [-0.1, -0.05) is 0 Å². The topological polar surface area (TPSA) is 92.0 Å². The number of benzene rings is 1. The van der Waals surface area contributed by atoms with Crippen molar-refractivity contribution in [3.8, 4) is 5.75 Å². The van der Waals surface area contributed by atoms with Crippen LogP contribution in [0.1, 0.15) is 34.1 Å². The van der Waals surface area contributed by atoms with Gasteiger partial charge in [0.15, 0.2) is 0 Å². The van der Waals surface area contributed by atoms with E-state index >= 15 is 0 Å². The molecule has 9 heteroatoms. The molecule has 156 valence electrons. The van der Waals surface area contributed by atoms with Crippen molar-refractivity contribution in [3.05, 3.63) is 30.1 Å². The molecule has 7 nitrogen and oxygen atoms in total. The van der Waals surface area contributed by atoms with Crippen molar-refractivity contribution in [3.63, 3.8) is 0 Å². The van der Waals surface area contributed by atoms with E-state index in [4.69, 9.17) is 24.5 Å². The van der Waals surface area contributed by atoms with Crippen LogP contribution < -0.4 is 15.8 Å². The number of hydrogen-bond acceptors (Lipinski definition) is 6. The zero-order valence-corrected chi connectivity index (χ0v) is 17.2. The Labute approximate surface area is 166 Å². The summed E-state index contributed by atoms with van der Waals surface area (Å²) in [5.74, 6) is -0.626. The van der Waals surface area contributed by atoms with Gasteiger partial charge in [0.1, 0.15) is 17.6 Å². The number of methoxy groups -OCH3 is 1. The lowest BCUT2D eigenvalue weighted by atomic mass is 9.76. The zero-order valence-electron chi connectivity index (χ0n) is 17.2. The number of hydrogen-bond donors (Lipinski definition) is 2. The highest BCUT2D eigenvalue weighted by Gasteiger charge is 2.54. The minimum absolute atomic E-state index is 0.105. The third kappa shape index (κ3) is 5.67. The van der Waals surface area contributed by atoms with Gasteiger partial charge in [0.2, 0.25) is 5.91 Å². The molecule has 0 bridgehead atoms. The van der Waals surface area contributed by atoms with Gasteiger partial charge < -0.3 is 29.8 Å². The number of carbonyl (C=O) groups excluding carboxylic acids is 1. The summed E-state index contributed by atoms with van der Waals surface area (Å²) in [6.45, 7) is 8.15. The summed E-state index contributed by atoms with van der Waals surface area (Å²) < 4.78 is 35.8. The van der Waals surface area contributed by atoms with Crippen LogP contribution in [0, 0.1) is 5.82 Å². The normalized spacial score (nSPS) is 19.9. The molecule has 1 saturated heterocycles. The van der Waals surface area contributed by atoms with Crippen LogP contribution in [0.25, 0.3) is 0 Å². The number of ether oxygens (including phenoxy) is 2. The van der Waals surface area contributed by atoms with Gasteiger partial charge in [0.05, 0.1) is 30.4 Å². The van der Waals surface area contributed by atoms with E-state index in [9.17, 15) is 9.18 Å². The van der Waals surface area contributed by atoms with Crippen molar-refractivity contribution in [1.82, 2.24) is 5.32 Å². The van der Waals surface area contributed by atoms with Crippen molar-refractivity contribution in [2.24, 2.45) is 5.73 Å². The molecule has 1 aliphatic rings. The first-order valence-corrected chi connectivity index (χ1v) is 9.34.